The Balaban J connectivity index is 1.38. The zero-order valence-corrected chi connectivity index (χ0v) is 23.2. The third-order valence-electron chi connectivity index (χ3n) is 8.79. The van der Waals surface area contributed by atoms with Gasteiger partial charge in [-0.1, -0.05) is 12.1 Å². The Morgan fingerprint density at radius 2 is 1.80 bits per heavy atom. The summed E-state index contributed by atoms with van der Waals surface area (Å²) in [5, 5.41) is 14.7. The molecule has 0 aliphatic carbocycles. The molecule has 0 radical (unpaired) electrons. The van der Waals surface area contributed by atoms with Crippen LogP contribution in [0, 0.1) is 11.6 Å². The number of fused-ring (bicyclic) bond motifs is 4. The highest BCUT2D eigenvalue weighted by atomic mass is 19.1. The van der Waals surface area contributed by atoms with Crippen molar-refractivity contribution in [2.45, 2.75) is 30.8 Å². The van der Waals surface area contributed by atoms with Crippen molar-refractivity contribution < 1.29 is 23.4 Å². The maximum atomic E-state index is 13.8. The minimum atomic E-state index is -0.565. The second-order valence-electron chi connectivity index (χ2n) is 11.2. The molecule has 2 amide bonds. The van der Waals surface area contributed by atoms with E-state index in [4.69, 9.17) is 4.74 Å². The van der Waals surface area contributed by atoms with Crippen LogP contribution in [0.2, 0.25) is 0 Å². The second-order valence-corrected chi connectivity index (χ2v) is 11.2. The average Bonchev–Trinajstić information content (AvgIpc) is 3.28. The lowest BCUT2D eigenvalue weighted by molar-refractivity contribution is 0.0692. The highest BCUT2D eigenvalue weighted by Crippen LogP contribution is 2.50. The van der Waals surface area contributed by atoms with Crippen molar-refractivity contribution in [2.75, 3.05) is 38.7 Å². The van der Waals surface area contributed by atoms with Crippen LogP contribution < -0.4 is 10.1 Å². The van der Waals surface area contributed by atoms with Gasteiger partial charge in [0, 0.05) is 48.4 Å². The number of anilines is 1. The molecule has 2 N–H and O–H groups in total. The van der Waals surface area contributed by atoms with Gasteiger partial charge in [0.25, 0.3) is 0 Å². The Hall–Kier alpha value is -3.95. The Kier molecular flexibility index (Phi) is 7.17. The van der Waals surface area contributed by atoms with Gasteiger partial charge in [0.05, 0.1) is 25.3 Å². The molecule has 3 heterocycles. The van der Waals surface area contributed by atoms with Crippen LogP contribution in [-0.2, 0) is 19.0 Å². The molecule has 1 spiro atoms. The standard InChI is InChI=1S/C32H34F2N4O3/c1-36-27-17-25(41-2)10-11-26(27)29-30(36)28(19-39)38(31(40)35-24-8-6-22(33)7-9-24)20-32(29)12-14-37(15-13-32)18-21-4-3-5-23(34)16-21/h3-11,16-17,28,39H,12-15,18-20H2,1-2H3,(H,35,40)/t28-/m1/s1. The van der Waals surface area contributed by atoms with Gasteiger partial charge in [0.15, 0.2) is 0 Å². The Labute approximate surface area is 237 Å². The maximum absolute atomic E-state index is 13.8. The number of piperidine rings is 1. The second kappa shape index (κ2) is 10.8. The summed E-state index contributed by atoms with van der Waals surface area (Å²) in [5.74, 6) is 0.117. The number of halogens is 2. The molecule has 2 aliphatic rings. The molecule has 0 saturated carbocycles. The van der Waals surface area contributed by atoms with Crippen molar-refractivity contribution in [1.29, 1.82) is 0 Å². The predicted molar refractivity (Wildman–Crippen MR) is 154 cm³/mol. The van der Waals surface area contributed by atoms with Crippen LogP contribution in [-0.4, -0.2) is 58.9 Å². The molecule has 4 aromatic rings. The summed E-state index contributed by atoms with van der Waals surface area (Å²) in [6, 6.07) is 17.5. The van der Waals surface area contributed by atoms with Gasteiger partial charge in [0.2, 0.25) is 0 Å². The Morgan fingerprint density at radius 3 is 2.49 bits per heavy atom. The molecule has 6 rings (SSSR count). The van der Waals surface area contributed by atoms with Crippen molar-refractivity contribution in [3.63, 3.8) is 0 Å². The van der Waals surface area contributed by atoms with Gasteiger partial charge in [0.1, 0.15) is 17.4 Å². The number of carbonyl (C=O) groups is 1. The first-order valence-corrected chi connectivity index (χ1v) is 13.9. The van der Waals surface area contributed by atoms with Crippen molar-refractivity contribution in [3.8, 4) is 5.75 Å². The average molecular weight is 561 g/mol. The smallest absolute Gasteiger partial charge is 0.322 e. The number of rotatable bonds is 5. The van der Waals surface area contributed by atoms with Gasteiger partial charge in [-0.2, -0.15) is 0 Å². The molecule has 214 valence electrons. The van der Waals surface area contributed by atoms with Crippen LogP contribution in [0.1, 0.15) is 35.7 Å². The molecular formula is C32H34F2N4O3. The predicted octanol–water partition coefficient (Wildman–Crippen LogP) is 5.58. The number of methoxy groups -OCH3 is 1. The van der Waals surface area contributed by atoms with E-state index in [1.165, 1.54) is 35.9 Å². The zero-order valence-electron chi connectivity index (χ0n) is 23.2. The van der Waals surface area contributed by atoms with Gasteiger partial charge in [-0.25, -0.2) is 13.6 Å². The van der Waals surface area contributed by atoms with Crippen molar-refractivity contribution >= 4 is 22.6 Å². The lowest BCUT2D eigenvalue weighted by Crippen LogP contribution is -2.56. The minimum Gasteiger partial charge on any atom is -0.497 e. The first-order valence-electron chi connectivity index (χ1n) is 13.9. The molecule has 0 unspecified atom stereocenters. The number of aryl methyl sites for hydroxylation is 1. The van der Waals surface area contributed by atoms with Gasteiger partial charge < -0.3 is 24.6 Å². The van der Waals surface area contributed by atoms with E-state index in [9.17, 15) is 18.7 Å². The van der Waals surface area contributed by atoms with Gasteiger partial charge in [-0.05, 0) is 85.6 Å². The molecule has 7 nitrogen and oxygen atoms in total. The Morgan fingerprint density at radius 1 is 1.05 bits per heavy atom. The molecule has 2 aliphatic heterocycles. The SMILES string of the molecule is COc1ccc2c3c(n(C)c2c1)[C@@H](CO)N(C(=O)Nc1ccc(F)cc1)CC31CCN(Cc2cccc(F)c2)CC1. The molecule has 0 bridgehead atoms. The van der Waals surface area contributed by atoms with E-state index in [-0.39, 0.29) is 29.7 Å². The molecule has 3 aromatic carbocycles. The third kappa shape index (κ3) is 4.93. The number of aromatic nitrogens is 1. The maximum Gasteiger partial charge on any atom is 0.322 e. The summed E-state index contributed by atoms with van der Waals surface area (Å²) in [7, 11) is 3.61. The van der Waals surface area contributed by atoms with Crippen LogP contribution >= 0.6 is 0 Å². The molecule has 1 aromatic heterocycles. The number of likely N-dealkylation sites (tertiary alicyclic amines) is 1. The molecular weight excluding hydrogens is 526 g/mol. The van der Waals surface area contributed by atoms with E-state index < -0.39 is 6.04 Å². The molecule has 1 saturated heterocycles. The molecule has 9 heteroatoms. The summed E-state index contributed by atoms with van der Waals surface area (Å²) in [6.45, 7) is 2.39. The van der Waals surface area contributed by atoms with E-state index in [1.807, 2.05) is 25.2 Å². The van der Waals surface area contributed by atoms with Gasteiger partial charge in [-0.15, -0.1) is 0 Å². The topological polar surface area (TPSA) is 70.0 Å². The fraction of sp³-hybridized carbons (Fsp3) is 0.344. The largest absolute Gasteiger partial charge is 0.497 e. The number of nitrogens with one attached hydrogen (secondary N) is 1. The Bertz CT molecular complexity index is 1580. The number of aliphatic hydroxyl groups excluding tert-OH is 1. The number of hydrogen-bond donors (Lipinski definition) is 2. The number of carbonyl (C=O) groups excluding carboxylic acids is 1. The summed E-state index contributed by atoms with van der Waals surface area (Å²) >= 11 is 0. The lowest BCUT2D eigenvalue weighted by atomic mass is 9.68. The summed E-state index contributed by atoms with van der Waals surface area (Å²) in [5.41, 5.74) is 4.13. The first-order chi connectivity index (χ1) is 19.8. The molecule has 1 fully saturated rings. The fourth-order valence-corrected chi connectivity index (χ4v) is 6.74. The van der Waals surface area contributed by atoms with E-state index >= 15 is 0 Å². The fourth-order valence-electron chi connectivity index (χ4n) is 6.74. The molecule has 1 atom stereocenters. The van der Waals surface area contributed by atoms with Crippen LogP contribution in [0.25, 0.3) is 10.9 Å². The number of amides is 2. The van der Waals surface area contributed by atoms with Crippen molar-refractivity contribution in [2.24, 2.45) is 7.05 Å². The van der Waals surface area contributed by atoms with E-state index in [1.54, 1.807) is 24.1 Å². The number of aliphatic hydroxyl groups is 1. The van der Waals surface area contributed by atoms with Gasteiger partial charge >= 0.3 is 6.03 Å². The number of urea groups is 1. The quantitative estimate of drug-likeness (QED) is 0.335. The van der Waals surface area contributed by atoms with Crippen LogP contribution in [0.15, 0.2) is 66.7 Å². The zero-order chi connectivity index (χ0) is 28.7. The first kappa shape index (κ1) is 27.2. The number of hydrogen-bond acceptors (Lipinski definition) is 4. The van der Waals surface area contributed by atoms with Crippen molar-refractivity contribution in [1.82, 2.24) is 14.4 Å². The van der Waals surface area contributed by atoms with E-state index in [0.29, 0.717) is 18.8 Å². The minimum absolute atomic E-state index is 0.239. The summed E-state index contributed by atoms with van der Waals surface area (Å²) in [6.07, 6.45) is 1.58. The number of benzene rings is 3. The summed E-state index contributed by atoms with van der Waals surface area (Å²) in [4.78, 5) is 17.8. The van der Waals surface area contributed by atoms with Crippen LogP contribution in [0.4, 0.5) is 19.3 Å². The number of ether oxygens (including phenoxy) is 1. The van der Waals surface area contributed by atoms with E-state index in [2.05, 4.69) is 20.9 Å². The third-order valence-corrected chi connectivity index (χ3v) is 8.79. The summed E-state index contributed by atoms with van der Waals surface area (Å²) < 4.78 is 34.9. The highest BCUT2D eigenvalue weighted by Gasteiger charge is 2.49. The van der Waals surface area contributed by atoms with Crippen LogP contribution in [0.5, 0.6) is 5.75 Å². The monoisotopic (exact) mass is 560 g/mol. The van der Waals surface area contributed by atoms with Crippen LogP contribution in [0.3, 0.4) is 0 Å². The molecule has 41 heavy (non-hydrogen) atoms. The number of nitrogens with zero attached hydrogens (tertiary/aromatic N) is 3. The highest BCUT2D eigenvalue weighted by molar-refractivity contribution is 5.92. The normalized spacial score (nSPS) is 18.5. The van der Waals surface area contributed by atoms with Gasteiger partial charge in [-0.3, -0.25) is 4.90 Å². The lowest BCUT2D eigenvalue weighted by Gasteiger charge is -2.50. The van der Waals surface area contributed by atoms with E-state index in [0.717, 1.165) is 53.8 Å². The van der Waals surface area contributed by atoms with Crippen molar-refractivity contribution in [3.05, 3.63) is 95.2 Å².